The average molecular weight is 354 g/mol. The fourth-order valence-corrected chi connectivity index (χ4v) is 2.90. The maximum atomic E-state index is 12.6. The lowest BCUT2D eigenvalue weighted by Gasteiger charge is -2.33. The van der Waals surface area contributed by atoms with E-state index in [1.165, 1.54) is 0 Å². The largest absolute Gasteiger partial charge is 0.444 e. The van der Waals surface area contributed by atoms with Gasteiger partial charge in [-0.05, 0) is 51.8 Å². The molecule has 0 aliphatic carbocycles. The summed E-state index contributed by atoms with van der Waals surface area (Å²) in [6.07, 6.45) is 1.14. The summed E-state index contributed by atoms with van der Waals surface area (Å²) >= 11 is 6.12. The summed E-state index contributed by atoms with van der Waals surface area (Å²) < 4.78 is 5.26. The number of hydrogen-bond acceptors (Lipinski definition) is 4. The van der Waals surface area contributed by atoms with E-state index >= 15 is 0 Å². The second kappa shape index (κ2) is 7.30. The standard InChI is InChI=1S/C17H24ClN3O3/c1-17(2,3)24-16(23)20-12-5-4-8-21(10-12)15(22)13-7-6-11(19)9-14(13)18/h6-7,9,12H,4-5,8,10,19H2,1-3H3,(H,20,23)/t12-/m1/s1. The number of ether oxygens (including phenoxy) is 1. The van der Waals surface area contributed by atoms with Crippen molar-refractivity contribution in [3.05, 3.63) is 28.8 Å². The van der Waals surface area contributed by atoms with E-state index in [9.17, 15) is 9.59 Å². The van der Waals surface area contributed by atoms with Gasteiger partial charge in [-0.1, -0.05) is 11.6 Å². The fraction of sp³-hybridized carbons (Fsp3) is 0.529. The number of benzene rings is 1. The van der Waals surface area contributed by atoms with Crippen molar-refractivity contribution in [2.24, 2.45) is 0 Å². The van der Waals surface area contributed by atoms with Crippen LogP contribution in [0, 0.1) is 0 Å². The predicted octanol–water partition coefficient (Wildman–Crippen LogP) is 3.05. The van der Waals surface area contributed by atoms with Crippen molar-refractivity contribution in [3.8, 4) is 0 Å². The fourth-order valence-electron chi connectivity index (χ4n) is 2.63. The number of nitrogens with one attached hydrogen (secondary N) is 1. The number of likely N-dealkylation sites (tertiary alicyclic amines) is 1. The summed E-state index contributed by atoms with van der Waals surface area (Å²) in [6.45, 7) is 6.50. The monoisotopic (exact) mass is 353 g/mol. The highest BCUT2D eigenvalue weighted by Gasteiger charge is 2.28. The molecule has 7 heteroatoms. The summed E-state index contributed by atoms with van der Waals surface area (Å²) in [5.74, 6) is -0.157. The molecule has 1 aliphatic heterocycles. The third-order valence-electron chi connectivity index (χ3n) is 3.65. The van der Waals surface area contributed by atoms with E-state index in [0.29, 0.717) is 29.4 Å². The molecule has 1 aromatic rings. The van der Waals surface area contributed by atoms with Crippen molar-refractivity contribution < 1.29 is 14.3 Å². The van der Waals surface area contributed by atoms with E-state index in [0.717, 1.165) is 12.8 Å². The molecular formula is C17H24ClN3O3. The van der Waals surface area contributed by atoms with Crippen LogP contribution in [0.3, 0.4) is 0 Å². The van der Waals surface area contributed by atoms with Gasteiger partial charge in [0.15, 0.2) is 0 Å². The number of amides is 2. The molecule has 1 aromatic carbocycles. The van der Waals surface area contributed by atoms with Crippen LogP contribution in [0.1, 0.15) is 44.0 Å². The first kappa shape index (κ1) is 18.4. The van der Waals surface area contributed by atoms with Crippen LogP contribution in [-0.2, 0) is 4.74 Å². The predicted molar refractivity (Wildman–Crippen MR) is 94.2 cm³/mol. The Morgan fingerprint density at radius 3 is 2.71 bits per heavy atom. The van der Waals surface area contributed by atoms with E-state index in [1.54, 1.807) is 23.1 Å². The maximum absolute atomic E-state index is 12.6. The van der Waals surface area contributed by atoms with Crippen LogP contribution in [0.2, 0.25) is 5.02 Å². The lowest BCUT2D eigenvalue weighted by atomic mass is 10.0. The number of alkyl carbamates (subject to hydrolysis) is 1. The first-order valence-corrected chi connectivity index (χ1v) is 8.37. The summed E-state index contributed by atoms with van der Waals surface area (Å²) in [4.78, 5) is 26.2. The van der Waals surface area contributed by atoms with E-state index in [2.05, 4.69) is 5.32 Å². The number of carbonyl (C=O) groups is 2. The lowest BCUT2D eigenvalue weighted by Crippen LogP contribution is -2.50. The third kappa shape index (κ3) is 5.03. The van der Waals surface area contributed by atoms with Gasteiger partial charge in [0.2, 0.25) is 0 Å². The summed E-state index contributed by atoms with van der Waals surface area (Å²) in [7, 11) is 0. The van der Waals surface area contributed by atoms with Crippen molar-refractivity contribution in [1.82, 2.24) is 10.2 Å². The lowest BCUT2D eigenvalue weighted by molar-refractivity contribution is 0.0452. The number of nitrogens with zero attached hydrogens (tertiary/aromatic N) is 1. The van der Waals surface area contributed by atoms with Crippen LogP contribution < -0.4 is 11.1 Å². The molecule has 1 aliphatic rings. The maximum Gasteiger partial charge on any atom is 0.407 e. The molecule has 2 amide bonds. The van der Waals surface area contributed by atoms with Gasteiger partial charge >= 0.3 is 6.09 Å². The Morgan fingerprint density at radius 2 is 2.08 bits per heavy atom. The Bertz CT molecular complexity index is 628. The van der Waals surface area contributed by atoms with Crippen molar-refractivity contribution in [2.45, 2.75) is 45.3 Å². The number of halogens is 1. The van der Waals surface area contributed by atoms with Crippen LogP contribution in [0.25, 0.3) is 0 Å². The Hall–Kier alpha value is -1.95. The Morgan fingerprint density at radius 1 is 1.38 bits per heavy atom. The summed E-state index contributed by atoms with van der Waals surface area (Å²) in [6, 6.07) is 4.71. The van der Waals surface area contributed by atoms with Crippen LogP contribution in [0.4, 0.5) is 10.5 Å². The minimum Gasteiger partial charge on any atom is -0.444 e. The molecule has 0 spiro atoms. The summed E-state index contributed by atoms with van der Waals surface area (Å²) in [5, 5.41) is 3.16. The van der Waals surface area contributed by atoms with Gasteiger partial charge in [0, 0.05) is 24.8 Å². The van der Waals surface area contributed by atoms with E-state index in [-0.39, 0.29) is 11.9 Å². The first-order valence-electron chi connectivity index (χ1n) is 7.99. The zero-order valence-electron chi connectivity index (χ0n) is 14.3. The molecule has 1 atom stereocenters. The van der Waals surface area contributed by atoms with Gasteiger partial charge in [-0.3, -0.25) is 4.79 Å². The molecule has 0 aromatic heterocycles. The van der Waals surface area contributed by atoms with Crippen LogP contribution in [-0.4, -0.2) is 41.6 Å². The Balaban J connectivity index is 1.99. The van der Waals surface area contributed by atoms with Crippen molar-refractivity contribution in [2.75, 3.05) is 18.8 Å². The van der Waals surface area contributed by atoms with Crippen LogP contribution in [0.15, 0.2) is 18.2 Å². The molecule has 132 valence electrons. The van der Waals surface area contributed by atoms with Gasteiger partial charge in [-0.2, -0.15) is 0 Å². The minimum absolute atomic E-state index is 0.134. The third-order valence-corrected chi connectivity index (χ3v) is 3.97. The zero-order chi connectivity index (χ0) is 17.9. The molecule has 0 radical (unpaired) electrons. The number of carbonyl (C=O) groups excluding carboxylic acids is 2. The van der Waals surface area contributed by atoms with Gasteiger partial charge < -0.3 is 20.7 Å². The zero-order valence-corrected chi connectivity index (χ0v) is 15.0. The summed E-state index contributed by atoms with van der Waals surface area (Å²) in [5.41, 5.74) is 6.05. The average Bonchev–Trinajstić information content (AvgIpc) is 2.44. The second-order valence-corrected chi connectivity index (χ2v) is 7.38. The highest BCUT2D eigenvalue weighted by molar-refractivity contribution is 6.34. The SMILES string of the molecule is CC(C)(C)OC(=O)N[C@@H]1CCCN(C(=O)c2ccc(N)cc2Cl)C1. The number of nitrogens with two attached hydrogens (primary N) is 1. The molecular weight excluding hydrogens is 330 g/mol. The molecule has 24 heavy (non-hydrogen) atoms. The minimum atomic E-state index is -0.550. The molecule has 1 heterocycles. The molecule has 0 unspecified atom stereocenters. The molecule has 0 bridgehead atoms. The Kier molecular flexibility index (Phi) is 5.59. The molecule has 2 rings (SSSR count). The van der Waals surface area contributed by atoms with Gasteiger partial charge in [0.1, 0.15) is 5.60 Å². The molecule has 3 N–H and O–H groups in total. The highest BCUT2D eigenvalue weighted by atomic mass is 35.5. The number of nitrogen functional groups attached to an aromatic ring is 1. The van der Waals surface area contributed by atoms with Crippen molar-refractivity contribution >= 4 is 29.3 Å². The molecule has 0 saturated carbocycles. The molecule has 1 saturated heterocycles. The van der Waals surface area contributed by atoms with Gasteiger partial charge in [0.05, 0.1) is 10.6 Å². The number of anilines is 1. The van der Waals surface area contributed by atoms with Gasteiger partial charge in [0.25, 0.3) is 5.91 Å². The second-order valence-electron chi connectivity index (χ2n) is 6.98. The molecule has 6 nitrogen and oxygen atoms in total. The van der Waals surface area contributed by atoms with Crippen LogP contribution >= 0.6 is 11.6 Å². The smallest absolute Gasteiger partial charge is 0.407 e. The van der Waals surface area contributed by atoms with E-state index < -0.39 is 11.7 Å². The van der Waals surface area contributed by atoms with E-state index in [4.69, 9.17) is 22.1 Å². The van der Waals surface area contributed by atoms with Crippen molar-refractivity contribution in [1.29, 1.82) is 0 Å². The number of hydrogen-bond donors (Lipinski definition) is 2. The number of piperidine rings is 1. The quantitative estimate of drug-likeness (QED) is 0.800. The highest BCUT2D eigenvalue weighted by Crippen LogP contribution is 2.22. The van der Waals surface area contributed by atoms with Gasteiger partial charge in [-0.25, -0.2) is 4.79 Å². The molecule has 1 fully saturated rings. The first-order chi connectivity index (χ1) is 11.2. The van der Waals surface area contributed by atoms with Crippen LogP contribution in [0.5, 0.6) is 0 Å². The van der Waals surface area contributed by atoms with Gasteiger partial charge in [-0.15, -0.1) is 0 Å². The number of rotatable bonds is 2. The Labute approximate surface area is 147 Å². The van der Waals surface area contributed by atoms with Crippen molar-refractivity contribution in [3.63, 3.8) is 0 Å². The normalized spacial score (nSPS) is 18.2. The topological polar surface area (TPSA) is 84.7 Å². The van der Waals surface area contributed by atoms with E-state index in [1.807, 2.05) is 20.8 Å².